The summed E-state index contributed by atoms with van der Waals surface area (Å²) in [6, 6.07) is -2.27. The highest BCUT2D eigenvalue weighted by molar-refractivity contribution is 6.35. The van der Waals surface area contributed by atoms with Crippen LogP contribution in [-0.2, 0) is 28.7 Å². The molecule has 4 amide bonds. The van der Waals surface area contributed by atoms with E-state index in [1.807, 2.05) is 0 Å². The lowest BCUT2D eigenvalue weighted by molar-refractivity contribution is -0.215. The molecule has 0 aromatic carbocycles. The first-order chi connectivity index (χ1) is 28.8. The van der Waals surface area contributed by atoms with Gasteiger partial charge >= 0.3 is 0 Å². The topological polar surface area (TPSA) is 93.2 Å². The number of rotatable bonds is 6. The first kappa shape index (κ1) is 49.4. The zero-order valence-corrected chi connectivity index (χ0v) is 36.8. The van der Waals surface area contributed by atoms with E-state index in [2.05, 4.69) is 0 Å². The van der Waals surface area contributed by atoms with Crippen LogP contribution in [0, 0.1) is 41.4 Å². The molecule has 26 unspecified atom stereocenters. The molecule has 2 aliphatic heterocycles. The number of hydrogen-bond donors (Lipinski definition) is 0. The first-order valence-corrected chi connectivity index (χ1v) is 22.4. The molecule has 0 aromatic heterocycles. The van der Waals surface area contributed by atoms with Crippen molar-refractivity contribution < 1.29 is 76.9 Å². The van der Waals surface area contributed by atoms with Crippen molar-refractivity contribution in [3.63, 3.8) is 0 Å². The highest BCUT2D eigenvalue weighted by atomic mass is 35.5. The third-order valence-corrected chi connectivity index (χ3v) is 17.8. The van der Waals surface area contributed by atoms with Gasteiger partial charge < -0.3 is 9.47 Å². The minimum absolute atomic E-state index is 0.144. The molecule has 26 heteroatoms. The summed E-state index contributed by atoms with van der Waals surface area (Å²) < 4.78 is 183. The summed E-state index contributed by atoms with van der Waals surface area (Å²) in [5.41, 5.74) is 0. The summed E-state index contributed by atoms with van der Waals surface area (Å²) in [5.74, 6) is -18.4. The third-order valence-electron chi connectivity index (χ3n) is 13.9. The predicted molar refractivity (Wildman–Crippen MR) is 202 cm³/mol. The van der Waals surface area contributed by atoms with E-state index in [4.69, 9.17) is 90.7 Å². The number of carbonyl (C=O) groups is 4. The van der Waals surface area contributed by atoms with E-state index < -0.39 is 201 Å². The van der Waals surface area contributed by atoms with Crippen LogP contribution in [0.1, 0.15) is 6.92 Å². The van der Waals surface area contributed by atoms with Crippen LogP contribution in [0.5, 0.6) is 0 Å². The van der Waals surface area contributed by atoms with Gasteiger partial charge in [0.05, 0.1) is 73.5 Å². The maximum Gasteiger partial charge on any atom is 0.235 e. The Morgan fingerprint density at radius 3 is 1.08 bits per heavy atom. The second kappa shape index (κ2) is 17.8. The van der Waals surface area contributed by atoms with E-state index in [9.17, 15) is 23.6 Å². The van der Waals surface area contributed by atoms with Crippen LogP contribution in [0.25, 0.3) is 0 Å². The summed E-state index contributed by atoms with van der Waals surface area (Å²) >= 11 is 44.2. The molecule has 7 rings (SSSR count). The number of nitrogens with zero attached hydrogens (tertiary/aromatic N) is 2. The van der Waals surface area contributed by atoms with Crippen molar-refractivity contribution in [3.8, 4) is 0 Å². The van der Waals surface area contributed by atoms with Gasteiger partial charge in [0.2, 0.25) is 23.6 Å². The number of carbonyl (C=O) groups excluding carboxylic acids is 4. The lowest BCUT2D eigenvalue weighted by Crippen LogP contribution is -2.67. The Bertz CT molecular complexity index is 1730. The van der Waals surface area contributed by atoms with Gasteiger partial charge in [-0.3, -0.25) is 29.0 Å². The lowest BCUT2D eigenvalue weighted by atomic mass is 9.66. The molecule has 5 saturated carbocycles. The Hall–Kier alpha value is -0.540. The Morgan fingerprint density at radius 2 is 0.710 bits per heavy atom. The minimum atomic E-state index is -3.45. The van der Waals surface area contributed by atoms with Crippen LogP contribution in [0.15, 0.2) is 0 Å². The number of halogens is 18. The Morgan fingerprint density at radius 1 is 0.387 bits per heavy atom. The fraction of sp³-hybridized carbons (Fsp3) is 0.889. The summed E-state index contributed by atoms with van der Waals surface area (Å²) in [4.78, 5) is 53.4. The van der Waals surface area contributed by atoms with Gasteiger partial charge in [-0.1, -0.05) is 6.92 Å². The number of amides is 4. The Kier molecular flexibility index (Phi) is 14.2. The second-order valence-corrected chi connectivity index (χ2v) is 20.5. The number of fused-ring (bicyclic) bond motifs is 2. The molecule has 0 bridgehead atoms. The van der Waals surface area contributed by atoms with Crippen molar-refractivity contribution in [1.29, 1.82) is 0 Å². The number of ether oxygens (including phenoxy) is 2. The van der Waals surface area contributed by atoms with E-state index in [0.717, 1.165) is 14.0 Å². The summed E-state index contributed by atoms with van der Waals surface area (Å²) in [6.07, 6.45) is -44.0. The monoisotopic (exact) mass is 1050 g/mol. The molecule has 5 aliphatic carbocycles. The van der Waals surface area contributed by atoms with Crippen LogP contribution in [-0.4, -0.2) is 176 Å². The first-order valence-electron chi connectivity index (χ1n) is 19.4. The molecular weight excluding hydrogens is 1010 g/mol. The van der Waals surface area contributed by atoms with Gasteiger partial charge in [-0.2, -0.15) is 0 Å². The lowest BCUT2D eigenvalue weighted by Gasteiger charge is -2.50. The average molecular weight is 1050 g/mol. The predicted octanol–water partition coefficient (Wildman–Crippen LogP) is 6.60. The standard InChI is InChI=1S/C36H36Cl7F11N2O6/c1-3-17(44)16(43)23(50)28(18(3)45)56-35(59)5-7(36(56)60)13(40)30(15(42)11(5)38)62-32-26(53)21(48)9(22(49)27(32)54)8-19(46)24(51)31(25(52)20(8)47)61-29-12(39)6-4(10(37)14(29)41)33(57)55(2)34(6)58/h3-32H,1-2H3. The Balaban J connectivity index is 1.07. The normalized spacial score (nSPS) is 57.2. The molecular formula is C36H36Cl7F11N2O6. The largest absolute Gasteiger partial charge is 0.366 e. The molecule has 7 fully saturated rings. The van der Waals surface area contributed by atoms with E-state index in [-0.39, 0.29) is 4.90 Å². The van der Waals surface area contributed by atoms with Crippen molar-refractivity contribution in [1.82, 2.24) is 9.80 Å². The molecule has 26 atom stereocenters. The van der Waals surface area contributed by atoms with Crippen molar-refractivity contribution in [2.24, 2.45) is 41.4 Å². The number of hydrogen-bond acceptors (Lipinski definition) is 6. The van der Waals surface area contributed by atoms with Crippen LogP contribution < -0.4 is 0 Å². The molecule has 8 nitrogen and oxygen atoms in total. The van der Waals surface area contributed by atoms with Crippen LogP contribution in [0.3, 0.4) is 0 Å². The fourth-order valence-corrected chi connectivity index (χ4v) is 13.5. The quantitative estimate of drug-likeness (QED) is 0.169. The zero-order valence-electron chi connectivity index (χ0n) is 31.5. The van der Waals surface area contributed by atoms with Gasteiger partial charge in [-0.25, -0.2) is 48.3 Å². The third kappa shape index (κ3) is 7.25. The SMILES string of the molecule is CC1C(F)C(Cl)C(F)C(N2C(=O)C3C(Cl)C(Cl)C(OC4C(F)C(F)C(C5C(F)C(F)C(OC6C(Cl)C(Cl)C7C(=O)N(C)C(=O)C7C6Cl)C(F)C5F)C(F)C4F)C(Cl)C3C2=O)C1F. The highest BCUT2D eigenvalue weighted by Crippen LogP contribution is 2.53. The molecule has 0 radical (unpaired) electrons. The van der Waals surface area contributed by atoms with Gasteiger partial charge in [0, 0.05) is 24.8 Å². The van der Waals surface area contributed by atoms with Crippen LogP contribution in [0.2, 0.25) is 0 Å². The Labute approximate surface area is 381 Å². The maximum absolute atomic E-state index is 16.0. The summed E-state index contributed by atoms with van der Waals surface area (Å²) in [7, 11) is 1.11. The van der Waals surface area contributed by atoms with Gasteiger partial charge in [-0.05, 0) is 0 Å². The molecule has 0 spiro atoms. The summed E-state index contributed by atoms with van der Waals surface area (Å²) in [6.45, 7) is 1.02. The fourth-order valence-electron chi connectivity index (χ4n) is 10.4. The average Bonchev–Trinajstić information content (AvgIpc) is 3.62. The molecule has 7 aliphatic rings. The van der Waals surface area contributed by atoms with Gasteiger partial charge in [0.1, 0.15) is 61.5 Å². The number of likely N-dealkylation sites (tertiary alicyclic amines) is 2. The maximum atomic E-state index is 16.0. The van der Waals surface area contributed by atoms with Crippen LogP contribution >= 0.6 is 81.2 Å². The molecule has 0 aromatic rings. The van der Waals surface area contributed by atoms with E-state index in [0.29, 0.717) is 4.90 Å². The van der Waals surface area contributed by atoms with Gasteiger partial charge in [-0.15, -0.1) is 81.2 Å². The second-order valence-electron chi connectivity index (χ2n) is 17.0. The minimum Gasteiger partial charge on any atom is -0.366 e. The van der Waals surface area contributed by atoms with E-state index >= 15 is 43.9 Å². The molecule has 0 N–H and O–H groups in total. The zero-order chi connectivity index (χ0) is 46.2. The van der Waals surface area contributed by atoms with Crippen molar-refractivity contribution >= 4 is 105 Å². The van der Waals surface area contributed by atoms with Gasteiger partial charge in [0.25, 0.3) is 0 Å². The highest BCUT2D eigenvalue weighted by Gasteiger charge is 2.69. The van der Waals surface area contributed by atoms with E-state index in [1.165, 1.54) is 0 Å². The molecule has 2 saturated heterocycles. The van der Waals surface area contributed by atoms with E-state index in [1.54, 1.807) is 0 Å². The molecule has 352 valence electrons. The van der Waals surface area contributed by atoms with Crippen molar-refractivity contribution in [3.05, 3.63) is 0 Å². The van der Waals surface area contributed by atoms with Crippen molar-refractivity contribution in [2.75, 3.05) is 7.05 Å². The van der Waals surface area contributed by atoms with Gasteiger partial charge in [0.15, 0.2) is 24.7 Å². The molecule has 62 heavy (non-hydrogen) atoms. The summed E-state index contributed by atoms with van der Waals surface area (Å²) in [5, 5.41) is -12.2. The number of alkyl halides is 18. The van der Waals surface area contributed by atoms with Crippen LogP contribution in [0.4, 0.5) is 48.3 Å². The van der Waals surface area contributed by atoms with Crippen molar-refractivity contribution in [2.45, 2.75) is 143 Å². The number of imide groups is 2. The molecule has 2 heterocycles. The smallest absolute Gasteiger partial charge is 0.235 e.